The van der Waals surface area contributed by atoms with Gasteiger partial charge in [-0.15, -0.1) is 0 Å². The molecule has 1 N–H and O–H groups in total. The Bertz CT molecular complexity index is 1220. The van der Waals surface area contributed by atoms with Crippen molar-refractivity contribution in [3.8, 4) is 22.9 Å². The number of amides is 1. The van der Waals surface area contributed by atoms with E-state index in [9.17, 15) is 4.79 Å². The topological polar surface area (TPSA) is 92.7 Å². The van der Waals surface area contributed by atoms with Crippen LogP contribution in [0.25, 0.3) is 11.3 Å². The quantitative estimate of drug-likeness (QED) is 0.440. The number of piperazine rings is 1. The van der Waals surface area contributed by atoms with Gasteiger partial charge in [0.2, 0.25) is 11.8 Å². The maximum absolute atomic E-state index is 12.3. The van der Waals surface area contributed by atoms with Gasteiger partial charge < -0.3 is 24.6 Å². The molecule has 1 saturated heterocycles. The standard InChI is InChI=1S/C26H30Cl2N6O3/c1-26(2,3)37-25(35)34-7-5-33(6-8-34)24-30-15-21(16-31-24)36-23-10-17(14-29-4)9-22(32-23)18-11-19(27)13-20(28)12-18/h9-13,15-16,29H,5-8,14H2,1-4H3. The van der Waals surface area contributed by atoms with Crippen LogP contribution in [0.5, 0.6) is 11.6 Å². The lowest BCUT2D eigenvalue weighted by Crippen LogP contribution is -2.50. The number of halogens is 2. The summed E-state index contributed by atoms with van der Waals surface area (Å²) in [6.07, 6.45) is 2.93. The maximum atomic E-state index is 12.3. The highest BCUT2D eigenvalue weighted by Gasteiger charge is 2.26. The first-order chi connectivity index (χ1) is 17.6. The van der Waals surface area contributed by atoms with Gasteiger partial charge >= 0.3 is 6.09 Å². The minimum atomic E-state index is -0.517. The smallest absolute Gasteiger partial charge is 0.410 e. The molecule has 0 aliphatic carbocycles. The van der Waals surface area contributed by atoms with Crippen molar-refractivity contribution >= 4 is 35.2 Å². The highest BCUT2D eigenvalue weighted by molar-refractivity contribution is 6.35. The fraction of sp³-hybridized carbons (Fsp3) is 0.385. The third-order valence-corrected chi connectivity index (χ3v) is 5.89. The van der Waals surface area contributed by atoms with E-state index in [1.165, 1.54) is 0 Å². The zero-order valence-electron chi connectivity index (χ0n) is 21.3. The van der Waals surface area contributed by atoms with Crippen molar-refractivity contribution in [2.24, 2.45) is 0 Å². The van der Waals surface area contributed by atoms with Crippen molar-refractivity contribution in [1.82, 2.24) is 25.2 Å². The summed E-state index contributed by atoms with van der Waals surface area (Å²) < 4.78 is 11.5. The third kappa shape index (κ3) is 7.44. The van der Waals surface area contributed by atoms with Crippen LogP contribution in [0.2, 0.25) is 10.0 Å². The number of rotatable bonds is 6. The average molecular weight is 545 g/mol. The van der Waals surface area contributed by atoms with Gasteiger partial charge in [0.05, 0.1) is 18.1 Å². The summed E-state index contributed by atoms with van der Waals surface area (Å²) in [5, 5.41) is 4.20. The molecule has 0 saturated carbocycles. The van der Waals surface area contributed by atoms with Crippen LogP contribution in [-0.4, -0.2) is 64.8 Å². The summed E-state index contributed by atoms with van der Waals surface area (Å²) in [6.45, 7) is 8.50. The summed E-state index contributed by atoms with van der Waals surface area (Å²) in [6, 6.07) is 9.11. The Hall–Kier alpha value is -3.14. The predicted molar refractivity (Wildman–Crippen MR) is 145 cm³/mol. The molecule has 1 amide bonds. The van der Waals surface area contributed by atoms with E-state index in [0.717, 1.165) is 11.1 Å². The summed E-state index contributed by atoms with van der Waals surface area (Å²) in [5.74, 6) is 1.43. The molecule has 0 spiro atoms. The molecule has 1 fully saturated rings. The molecule has 3 heterocycles. The number of pyridine rings is 1. The molecule has 11 heteroatoms. The molecule has 0 atom stereocenters. The number of hydrogen-bond acceptors (Lipinski definition) is 8. The summed E-state index contributed by atoms with van der Waals surface area (Å²) in [7, 11) is 1.87. The van der Waals surface area contributed by atoms with Crippen molar-refractivity contribution in [1.29, 1.82) is 0 Å². The van der Waals surface area contributed by atoms with E-state index in [1.54, 1.807) is 23.4 Å². The average Bonchev–Trinajstić information content (AvgIpc) is 2.83. The summed E-state index contributed by atoms with van der Waals surface area (Å²) in [4.78, 5) is 29.6. The van der Waals surface area contributed by atoms with E-state index in [2.05, 4.69) is 20.3 Å². The molecule has 1 aliphatic heterocycles. The summed E-state index contributed by atoms with van der Waals surface area (Å²) >= 11 is 12.4. The van der Waals surface area contributed by atoms with Gasteiger partial charge in [0.15, 0.2) is 5.75 Å². The molecule has 1 aliphatic rings. The van der Waals surface area contributed by atoms with E-state index in [-0.39, 0.29) is 6.09 Å². The van der Waals surface area contributed by atoms with Crippen LogP contribution in [0.4, 0.5) is 10.7 Å². The monoisotopic (exact) mass is 544 g/mol. The van der Waals surface area contributed by atoms with Gasteiger partial charge in [0.1, 0.15) is 5.60 Å². The second kappa shape index (κ2) is 11.5. The third-order valence-electron chi connectivity index (χ3n) is 5.45. The Balaban J connectivity index is 1.44. The van der Waals surface area contributed by atoms with Crippen LogP contribution in [0.3, 0.4) is 0 Å². The second-order valence-corrected chi connectivity index (χ2v) is 10.5. The first kappa shape index (κ1) is 26.9. The van der Waals surface area contributed by atoms with Gasteiger partial charge in [-0.2, -0.15) is 0 Å². The number of carbonyl (C=O) groups excluding carboxylic acids is 1. The van der Waals surface area contributed by atoms with Gasteiger partial charge in [-0.3, -0.25) is 0 Å². The van der Waals surface area contributed by atoms with E-state index >= 15 is 0 Å². The first-order valence-electron chi connectivity index (χ1n) is 11.9. The minimum absolute atomic E-state index is 0.302. The first-order valence-corrected chi connectivity index (χ1v) is 12.7. The van der Waals surface area contributed by atoms with Crippen LogP contribution >= 0.6 is 23.2 Å². The molecular formula is C26H30Cl2N6O3. The fourth-order valence-corrected chi connectivity index (χ4v) is 4.35. The molecule has 4 rings (SSSR count). The number of nitrogens with one attached hydrogen (secondary N) is 1. The molecule has 3 aromatic rings. The molecule has 1 aromatic carbocycles. The zero-order valence-corrected chi connectivity index (χ0v) is 22.8. The second-order valence-electron chi connectivity index (χ2n) is 9.66. The Labute approximate surface area is 226 Å². The van der Waals surface area contributed by atoms with Gasteiger partial charge in [-0.25, -0.2) is 19.7 Å². The van der Waals surface area contributed by atoms with Gasteiger partial charge in [0.25, 0.3) is 0 Å². The number of anilines is 1. The Kier molecular flexibility index (Phi) is 8.36. The van der Waals surface area contributed by atoms with Crippen LogP contribution in [0.15, 0.2) is 42.7 Å². The van der Waals surface area contributed by atoms with Crippen molar-refractivity contribution in [2.75, 3.05) is 38.1 Å². The van der Waals surface area contributed by atoms with E-state index in [4.69, 9.17) is 32.7 Å². The Morgan fingerprint density at radius 1 is 1.00 bits per heavy atom. The van der Waals surface area contributed by atoms with Crippen LogP contribution in [0, 0.1) is 0 Å². The van der Waals surface area contributed by atoms with Crippen molar-refractivity contribution in [2.45, 2.75) is 32.9 Å². The van der Waals surface area contributed by atoms with Crippen LogP contribution in [0.1, 0.15) is 26.3 Å². The van der Waals surface area contributed by atoms with Crippen molar-refractivity contribution in [3.05, 3.63) is 58.3 Å². The normalized spacial score (nSPS) is 14.0. The lowest BCUT2D eigenvalue weighted by Gasteiger charge is -2.35. The number of benzene rings is 1. The summed E-state index contributed by atoms with van der Waals surface area (Å²) in [5.41, 5.74) is 1.94. The van der Waals surface area contributed by atoms with Gasteiger partial charge in [-0.05, 0) is 57.6 Å². The molecular weight excluding hydrogens is 515 g/mol. The van der Waals surface area contributed by atoms with Crippen molar-refractivity contribution in [3.63, 3.8) is 0 Å². The number of carbonyl (C=O) groups is 1. The lowest BCUT2D eigenvalue weighted by atomic mass is 10.1. The predicted octanol–water partition coefficient (Wildman–Crippen LogP) is 5.41. The molecule has 196 valence electrons. The highest BCUT2D eigenvalue weighted by atomic mass is 35.5. The van der Waals surface area contributed by atoms with E-state index < -0.39 is 5.60 Å². The number of nitrogens with zero attached hydrogens (tertiary/aromatic N) is 5. The molecule has 0 unspecified atom stereocenters. The Morgan fingerprint density at radius 3 is 2.24 bits per heavy atom. The zero-order chi connectivity index (χ0) is 26.6. The SMILES string of the molecule is CNCc1cc(Oc2cnc(N3CCN(C(=O)OC(C)(C)C)CC3)nc2)nc(-c2cc(Cl)cc(Cl)c2)c1. The van der Waals surface area contributed by atoms with E-state index in [1.807, 2.05) is 57.0 Å². The van der Waals surface area contributed by atoms with Gasteiger partial charge in [0, 0.05) is 54.4 Å². The number of hydrogen-bond donors (Lipinski definition) is 1. The minimum Gasteiger partial charge on any atom is -0.444 e. The van der Waals surface area contributed by atoms with Crippen LogP contribution < -0.4 is 15.0 Å². The molecule has 0 bridgehead atoms. The van der Waals surface area contributed by atoms with Crippen molar-refractivity contribution < 1.29 is 14.3 Å². The maximum Gasteiger partial charge on any atom is 0.410 e. The molecule has 37 heavy (non-hydrogen) atoms. The van der Waals surface area contributed by atoms with E-state index in [0.29, 0.717) is 66.0 Å². The number of ether oxygens (including phenoxy) is 2. The fourth-order valence-electron chi connectivity index (χ4n) is 3.83. The lowest BCUT2D eigenvalue weighted by molar-refractivity contribution is 0.0240. The number of aromatic nitrogens is 3. The highest BCUT2D eigenvalue weighted by Crippen LogP contribution is 2.30. The van der Waals surface area contributed by atoms with Crippen LogP contribution in [-0.2, 0) is 11.3 Å². The molecule has 2 aromatic heterocycles. The largest absolute Gasteiger partial charge is 0.444 e. The van der Waals surface area contributed by atoms with Gasteiger partial charge in [-0.1, -0.05) is 23.2 Å². The molecule has 0 radical (unpaired) electrons. The Morgan fingerprint density at radius 2 is 1.65 bits per heavy atom. The molecule has 9 nitrogen and oxygen atoms in total.